The first kappa shape index (κ1) is 13.7. The molecule has 0 aliphatic rings. The van der Waals surface area contributed by atoms with Crippen LogP contribution in [0.15, 0.2) is 40.9 Å². The van der Waals surface area contributed by atoms with Crippen LogP contribution in [0.25, 0.3) is 0 Å². The Morgan fingerprint density at radius 2 is 1.89 bits per heavy atom. The van der Waals surface area contributed by atoms with Crippen LogP contribution in [0, 0.1) is 11.6 Å². The van der Waals surface area contributed by atoms with Crippen molar-refractivity contribution in [2.45, 2.75) is 6.92 Å². The molecule has 0 N–H and O–H groups in total. The molecule has 0 saturated carbocycles. The quantitative estimate of drug-likeness (QED) is 0.763. The molecular formula is C14H9BrF2O2. The molecule has 0 aromatic heterocycles. The minimum absolute atomic E-state index is 0.0797. The third kappa shape index (κ3) is 3.17. The summed E-state index contributed by atoms with van der Waals surface area (Å²) < 4.78 is 32.0. The van der Waals surface area contributed by atoms with Gasteiger partial charge < -0.3 is 4.74 Å². The standard InChI is InChI=1S/C14H9BrF2O2/c1-8(18)11-4-3-10(7-12(11)15)19-14-5-2-9(16)6-13(14)17/h2-7H,1H3. The predicted molar refractivity (Wildman–Crippen MR) is 70.6 cm³/mol. The molecule has 0 bridgehead atoms. The molecule has 2 aromatic rings. The minimum Gasteiger partial charge on any atom is -0.454 e. The van der Waals surface area contributed by atoms with Gasteiger partial charge in [-0.2, -0.15) is 0 Å². The molecule has 0 atom stereocenters. The third-order valence-corrected chi connectivity index (χ3v) is 3.10. The lowest BCUT2D eigenvalue weighted by molar-refractivity contribution is 0.101. The van der Waals surface area contributed by atoms with Gasteiger partial charge in [0.2, 0.25) is 0 Å². The second-order valence-corrected chi connectivity index (χ2v) is 4.73. The third-order valence-electron chi connectivity index (χ3n) is 2.44. The zero-order chi connectivity index (χ0) is 14.0. The summed E-state index contributed by atoms with van der Waals surface area (Å²) in [5.41, 5.74) is 0.506. The fraction of sp³-hybridized carbons (Fsp3) is 0.0714. The van der Waals surface area contributed by atoms with Crippen LogP contribution < -0.4 is 4.74 Å². The van der Waals surface area contributed by atoms with E-state index in [1.54, 1.807) is 18.2 Å². The van der Waals surface area contributed by atoms with Gasteiger partial charge in [-0.05, 0) is 53.2 Å². The molecule has 2 rings (SSSR count). The Kier molecular flexibility index (Phi) is 3.95. The van der Waals surface area contributed by atoms with Gasteiger partial charge in [0.05, 0.1) is 0 Å². The van der Waals surface area contributed by atoms with E-state index >= 15 is 0 Å². The topological polar surface area (TPSA) is 26.3 Å². The molecule has 0 unspecified atom stereocenters. The van der Waals surface area contributed by atoms with Crippen LogP contribution in [-0.2, 0) is 0 Å². The van der Waals surface area contributed by atoms with E-state index in [1.807, 2.05) is 0 Å². The van der Waals surface area contributed by atoms with Crippen LogP contribution in [0.3, 0.4) is 0 Å². The normalized spacial score (nSPS) is 10.3. The predicted octanol–water partition coefficient (Wildman–Crippen LogP) is 4.72. The first-order chi connectivity index (χ1) is 8.97. The highest BCUT2D eigenvalue weighted by Crippen LogP contribution is 2.29. The number of hydrogen-bond donors (Lipinski definition) is 0. The fourth-order valence-electron chi connectivity index (χ4n) is 1.53. The first-order valence-corrected chi connectivity index (χ1v) is 6.20. The van der Waals surface area contributed by atoms with Gasteiger partial charge in [-0.3, -0.25) is 4.79 Å². The molecule has 0 aliphatic carbocycles. The molecule has 2 aromatic carbocycles. The van der Waals surface area contributed by atoms with Gasteiger partial charge in [0.1, 0.15) is 11.6 Å². The van der Waals surface area contributed by atoms with Crippen molar-refractivity contribution in [3.8, 4) is 11.5 Å². The summed E-state index contributed by atoms with van der Waals surface area (Å²) in [4.78, 5) is 11.3. The van der Waals surface area contributed by atoms with E-state index in [2.05, 4.69) is 15.9 Å². The van der Waals surface area contributed by atoms with Crippen molar-refractivity contribution >= 4 is 21.7 Å². The summed E-state index contributed by atoms with van der Waals surface area (Å²) in [5, 5.41) is 0. The first-order valence-electron chi connectivity index (χ1n) is 5.41. The molecule has 2 nitrogen and oxygen atoms in total. The molecule has 0 aliphatic heterocycles. The number of ether oxygens (including phenoxy) is 1. The summed E-state index contributed by atoms with van der Waals surface area (Å²) in [6.45, 7) is 1.44. The summed E-state index contributed by atoms with van der Waals surface area (Å²) in [5.74, 6) is -1.28. The maximum Gasteiger partial charge on any atom is 0.168 e. The summed E-state index contributed by atoms with van der Waals surface area (Å²) >= 11 is 3.24. The van der Waals surface area contributed by atoms with Gasteiger partial charge in [-0.25, -0.2) is 8.78 Å². The molecular weight excluding hydrogens is 318 g/mol. The van der Waals surface area contributed by atoms with E-state index in [0.717, 1.165) is 12.1 Å². The van der Waals surface area contributed by atoms with E-state index in [1.165, 1.54) is 13.0 Å². The number of halogens is 3. The Bertz CT molecular complexity index is 641. The molecule has 0 spiro atoms. The van der Waals surface area contributed by atoms with Crippen LogP contribution in [-0.4, -0.2) is 5.78 Å². The largest absolute Gasteiger partial charge is 0.454 e. The van der Waals surface area contributed by atoms with E-state index < -0.39 is 11.6 Å². The lowest BCUT2D eigenvalue weighted by Gasteiger charge is -2.08. The van der Waals surface area contributed by atoms with Crippen molar-refractivity contribution in [3.63, 3.8) is 0 Å². The van der Waals surface area contributed by atoms with E-state index in [-0.39, 0.29) is 11.5 Å². The zero-order valence-corrected chi connectivity index (χ0v) is 11.5. The van der Waals surface area contributed by atoms with Gasteiger partial charge in [0.25, 0.3) is 0 Å². The molecule has 0 heterocycles. The number of ketones is 1. The highest BCUT2D eigenvalue weighted by molar-refractivity contribution is 9.10. The highest BCUT2D eigenvalue weighted by atomic mass is 79.9. The Balaban J connectivity index is 2.29. The number of rotatable bonds is 3. The number of benzene rings is 2. The Morgan fingerprint density at radius 1 is 1.16 bits per heavy atom. The lowest BCUT2D eigenvalue weighted by atomic mass is 10.1. The summed E-state index contributed by atoms with van der Waals surface area (Å²) in [7, 11) is 0. The SMILES string of the molecule is CC(=O)c1ccc(Oc2ccc(F)cc2F)cc1Br. The van der Waals surface area contributed by atoms with E-state index in [0.29, 0.717) is 15.8 Å². The van der Waals surface area contributed by atoms with Gasteiger partial charge in [0, 0.05) is 16.1 Å². The minimum atomic E-state index is -0.785. The molecule has 0 saturated heterocycles. The summed E-state index contributed by atoms with van der Waals surface area (Å²) in [6.07, 6.45) is 0. The molecule has 0 radical (unpaired) electrons. The smallest absolute Gasteiger partial charge is 0.168 e. The number of Topliss-reactive ketones (excluding diaryl/α,β-unsaturated/α-hetero) is 1. The maximum atomic E-state index is 13.4. The van der Waals surface area contributed by atoms with Crippen LogP contribution in [0.4, 0.5) is 8.78 Å². The average molecular weight is 327 g/mol. The molecule has 0 amide bonds. The van der Waals surface area contributed by atoms with Crippen molar-refractivity contribution in [3.05, 3.63) is 58.1 Å². The van der Waals surface area contributed by atoms with Crippen LogP contribution in [0.5, 0.6) is 11.5 Å². The Morgan fingerprint density at radius 3 is 2.47 bits per heavy atom. The van der Waals surface area contributed by atoms with E-state index in [4.69, 9.17) is 4.74 Å². The van der Waals surface area contributed by atoms with Crippen LogP contribution in [0.1, 0.15) is 17.3 Å². The number of hydrogen-bond acceptors (Lipinski definition) is 2. The van der Waals surface area contributed by atoms with Gasteiger partial charge in [-0.1, -0.05) is 0 Å². The summed E-state index contributed by atoms with van der Waals surface area (Å²) in [6, 6.07) is 7.73. The zero-order valence-electron chi connectivity index (χ0n) is 9.91. The maximum absolute atomic E-state index is 13.4. The van der Waals surface area contributed by atoms with Gasteiger partial charge in [0.15, 0.2) is 17.3 Å². The Labute approximate surface area is 117 Å². The number of carbonyl (C=O) groups excluding carboxylic acids is 1. The number of carbonyl (C=O) groups is 1. The molecule has 19 heavy (non-hydrogen) atoms. The second kappa shape index (κ2) is 5.48. The van der Waals surface area contributed by atoms with Crippen LogP contribution >= 0.6 is 15.9 Å². The van der Waals surface area contributed by atoms with Crippen molar-refractivity contribution < 1.29 is 18.3 Å². The molecule has 5 heteroatoms. The second-order valence-electron chi connectivity index (χ2n) is 3.87. The lowest BCUT2D eigenvalue weighted by Crippen LogP contribution is -1.95. The van der Waals surface area contributed by atoms with Crippen molar-refractivity contribution in [1.29, 1.82) is 0 Å². The van der Waals surface area contributed by atoms with Crippen molar-refractivity contribution in [2.75, 3.05) is 0 Å². The van der Waals surface area contributed by atoms with E-state index in [9.17, 15) is 13.6 Å². The Hall–Kier alpha value is -1.75. The van der Waals surface area contributed by atoms with Gasteiger partial charge in [-0.15, -0.1) is 0 Å². The highest BCUT2D eigenvalue weighted by Gasteiger charge is 2.09. The fourth-order valence-corrected chi connectivity index (χ4v) is 2.17. The van der Waals surface area contributed by atoms with Crippen molar-refractivity contribution in [1.82, 2.24) is 0 Å². The molecule has 98 valence electrons. The van der Waals surface area contributed by atoms with Crippen LogP contribution in [0.2, 0.25) is 0 Å². The van der Waals surface area contributed by atoms with Crippen molar-refractivity contribution in [2.24, 2.45) is 0 Å². The monoisotopic (exact) mass is 326 g/mol. The molecule has 0 fully saturated rings. The average Bonchev–Trinajstić information content (AvgIpc) is 2.32. The van der Waals surface area contributed by atoms with Gasteiger partial charge >= 0.3 is 0 Å².